The molecule has 1 aromatic rings. The van der Waals surface area contributed by atoms with E-state index in [9.17, 15) is 14.7 Å². The summed E-state index contributed by atoms with van der Waals surface area (Å²) in [5.41, 5.74) is 0.865. The smallest absolute Gasteiger partial charge is 0.310 e. The fourth-order valence-electron chi connectivity index (χ4n) is 2.63. The number of carbonyl (C=O) groups excluding carboxylic acids is 1. The molecule has 1 saturated heterocycles. The van der Waals surface area contributed by atoms with Crippen molar-refractivity contribution in [3.05, 3.63) is 22.7 Å². The molecule has 2 N–H and O–H groups in total. The normalized spacial score (nSPS) is 30.7. The Morgan fingerprint density at radius 1 is 1.30 bits per heavy atom. The summed E-state index contributed by atoms with van der Waals surface area (Å²) in [6.07, 6.45) is 2.51. The number of amides is 1. The minimum Gasteiger partial charge on any atom is -0.481 e. The van der Waals surface area contributed by atoms with Crippen molar-refractivity contribution in [3.63, 3.8) is 0 Å². The number of nitrogens with zero attached hydrogens (tertiary/aromatic N) is 1. The average molecular weight is 294 g/mol. The van der Waals surface area contributed by atoms with E-state index >= 15 is 0 Å². The first-order chi connectivity index (χ1) is 9.47. The van der Waals surface area contributed by atoms with Crippen LogP contribution in [0.2, 0.25) is 0 Å². The Labute approximate surface area is 119 Å². The molecular formula is C13H14N2O4S. The number of thiazole rings is 1. The van der Waals surface area contributed by atoms with E-state index in [0.29, 0.717) is 5.13 Å². The molecule has 1 amide bonds. The molecule has 1 aromatic heterocycles. The summed E-state index contributed by atoms with van der Waals surface area (Å²) in [5, 5.41) is 12.5. The quantitative estimate of drug-likeness (QED) is 0.822. The van der Waals surface area contributed by atoms with Crippen LogP contribution >= 0.6 is 11.3 Å². The number of aryl methyl sites for hydroxylation is 2. The summed E-state index contributed by atoms with van der Waals surface area (Å²) in [6.45, 7) is 3.79. The van der Waals surface area contributed by atoms with E-state index in [-0.39, 0.29) is 5.91 Å². The largest absolute Gasteiger partial charge is 0.481 e. The number of carbonyl (C=O) groups is 2. The van der Waals surface area contributed by atoms with Gasteiger partial charge in [-0.1, -0.05) is 12.2 Å². The van der Waals surface area contributed by atoms with Crippen molar-refractivity contribution in [1.82, 2.24) is 4.98 Å². The van der Waals surface area contributed by atoms with Gasteiger partial charge in [0.1, 0.15) is 5.92 Å². The molecule has 0 aromatic carbocycles. The molecule has 0 radical (unpaired) electrons. The highest BCUT2D eigenvalue weighted by atomic mass is 32.1. The Kier molecular flexibility index (Phi) is 3.10. The summed E-state index contributed by atoms with van der Waals surface area (Å²) in [4.78, 5) is 28.9. The second kappa shape index (κ2) is 4.68. The van der Waals surface area contributed by atoms with Crippen LogP contribution in [-0.4, -0.2) is 34.2 Å². The first kappa shape index (κ1) is 13.3. The highest BCUT2D eigenvalue weighted by Gasteiger charge is 2.53. The van der Waals surface area contributed by atoms with Crippen molar-refractivity contribution in [2.75, 3.05) is 5.32 Å². The van der Waals surface area contributed by atoms with Gasteiger partial charge in [-0.25, -0.2) is 4.98 Å². The number of nitrogens with one attached hydrogen (secondary N) is 1. The Balaban J connectivity index is 1.79. The molecule has 0 unspecified atom stereocenters. The lowest BCUT2D eigenvalue weighted by molar-refractivity contribution is -0.145. The van der Waals surface area contributed by atoms with Gasteiger partial charge in [0.2, 0.25) is 5.91 Å². The van der Waals surface area contributed by atoms with Crippen LogP contribution in [0.25, 0.3) is 0 Å². The number of carboxylic acids is 1. The van der Waals surface area contributed by atoms with E-state index in [1.54, 1.807) is 12.2 Å². The average Bonchev–Trinajstić information content (AvgIpc) is 3.04. The Hall–Kier alpha value is -1.73. The third-order valence-corrected chi connectivity index (χ3v) is 4.73. The minimum absolute atomic E-state index is 0.344. The highest BCUT2D eigenvalue weighted by molar-refractivity contribution is 7.15. The van der Waals surface area contributed by atoms with E-state index in [1.807, 2.05) is 13.8 Å². The predicted molar refractivity (Wildman–Crippen MR) is 72.6 cm³/mol. The Morgan fingerprint density at radius 3 is 2.50 bits per heavy atom. The van der Waals surface area contributed by atoms with E-state index in [2.05, 4.69) is 10.3 Å². The minimum atomic E-state index is -1.01. The van der Waals surface area contributed by atoms with E-state index in [4.69, 9.17) is 4.74 Å². The molecule has 3 heterocycles. The molecule has 7 heteroatoms. The summed E-state index contributed by atoms with van der Waals surface area (Å²) in [7, 11) is 0. The molecule has 20 heavy (non-hydrogen) atoms. The number of anilines is 1. The van der Waals surface area contributed by atoms with Gasteiger partial charge in [-0.3, -0.25) is 9.59 Å². The van der Waals surface area contributed by atoms with Crippen LogP contribution < -0.4 is 5.32 Å². The lowest BCUT2D eigenvalue weighted by Crippen LogP contribution is -2.39. The standard InChI is InChI=1S/C13H14N2O4S/c1-5-6(2)20-13(14-5)15-11(16)9-7-3-4-8(19-7)10(9)12(17)18/h3-4,7-10H,1-2H3,(H,17,18)(H,14,15,16)/t7-,8-,9-,10+/m1/s1. The number of aromatic nitrogens is 1. The highest BCUT2D eigenvalue weighted by Crippen LogP contribution is 2.40. The summed E-state index contributed by atoms with van der Waals surface area (Å²) >= 11 is 1.38. The number of fused-ring (bicyclic) bond motifs is 2. The van der Waals surface area contributed by atoms with E-state index in [1.165, 1.54) is 11.3 Å². The maximum absolute atomic E-state index is 12.3. The summed E-state index contributed by atoms with van der Waals surface area (Å²) in [6, 6.07) is 0. The number of hydrogen-bond donors (Lipinski definition) is 2. The lowest BCUT2D eigenvalue weighted by Gasteiger charge is -2.20. The van der Waals surface area contributed by atoms with Crippen LogP contribution in [-0.2, 0) is 14.3 Å². The van der Waals surface area contributed by atoms with Crippen molar-refractivity contribution in [2.24, 2.45) is 11.8 Å². The fourth-order valence-corrected chi connectivity index (χ4v) is 3.45. The molecule has 1 fully saturated rings. The van der Waals surface area contributed by atoms with E-state index < -0.39 is 30.0 Å². The van der Waals surface area contributed by atoms with Gasteiger partial charge in [-0.15, -0.1) is 11.3 Å². The third-order valence-electron chi connectivity index (χ3n) is 3.75. The maximum Gasteiger partial charge on any atom is 0.310 e. The third kappa shape index (κ3) is 2.03. The molecule has 106 valence electrons. The second-order valence-electron chi connectivity index (χ2n) is 4.99. The van der Waals surface area contributed by atoms with Gasteiger partial charge < -0.3 is 15.2 Å². The van der Waals surface area contributed by atoms with Crippen LogP contribution in [0.15, 0.2) is 12.2 Å². The van der Waals surface area contributed by atoms with Gasteiger partial charge in [0.15, 0.2) is 5.13 Å². The first-order valence-corrected chi connectivity index (χ1v) is 7.10. The lowest BCUT2D eigenvalue weighted by atomic mass is 9.82. The van der Waals surface area contributed by atoms with Gasteiger partial charge in [0, 0.05) is 4.88 Å². The predicted octanol–water partition coefficient (Wildman–Crippen LogP) is 1.35. The van der Waals surface area contributed by atoms with Gasteiger partial charge in [0.25, 0.3) is 0 Å². The summed E-state index contributed by atoms with van der Waals surface area (Å²) in [5.74, 6) is -2.88. The fraction of sp³-hybridized carbons (Fsp3) is 0.462. The van der Waals surface area contributed by atoms with Crippen molar-refractivity contribution in [1.29, 1.82) is 0 Å². The monoisotopic (exact) mass is 294 g/mol. The molecule has 0 saturated carbocycles. The molecule has 2 aliphatic rings. The topological polar surface area (TPSA) is 88.5 Å². The molecule has 0 aliphatic carbocycles. The van der Waals surface area contributed by atoms with E-state index in [0.717, 1.165) is 10.6 Å². The molecule has 4 atom stereocenters. The zero-order valence-electron chi connectivity index (χ0n) is 11.0. The van der Waals surface area contributed by atoms with Gasteiger partial charge in [-0.2, -0.15) is 0 Å². The van der Waals surface area contributed by atoms with Crippen LogP contribution in [0, 0.1) is 25.7 Å². The SMILES string of the molecule is Cc1nc(NC(=O)[C@H]2[C@@H](C(=O)O)[C@H]3C=C[C@H]2O3)sc1C. The number of aliphatic carboxylic acids is 1. The van der Waals surface area contributed by atoms with Crippen LogP contribution in [0.1, 0.15) is 10.6 Å². The zero-order valence-corrected chi connectivity index (χ0v) is 11.8. The molecular weight excluding hydrogens is 280 g/mol. The number of ether oxygens (including phenoxy) is 1. The molecule has 2 bridgehead atoms. The number of rotatable bonds is 3. The molecule has 0 spiro atoms. The molecule has 3 rings (SSSR count). The number of hydrogen-bond acceptors (Lipinski definition) is 5. The Bertz CT molecular complexity index is 590. The molecule has 6 nitrogen and oxygen atoms in total. The van der Waals surface area contributed by atoms with Gasteiger partial charge in [-0.05, 0) is 13.8 Å². The summed E-state index contributed by atoms with van der Waals surface area (Å²) < 4.78 is 5.48. The van der Waals surface area contributed by atoms with Crippen molar-refractivity contribution >= 4 is 28.3 Å². The first-order valence-electron chi connectivity index (χ1n) is 6.29. The van der Waals surface area contributed by atoms with Crippen molar-refractivity contribution in [2.45, 2.75) is 26.1 Å². The van der Waals surface area contributed by atoms with Crippen molar-refractivity contribution in [3.8, 4) is 0 Å². The number of carboxylic acid groups (broad SMARTS) is 1. The van der Waals surface area contributed by atoms with Gasteiger partial charge >= 0.3 is 5.97 Å². The van der Waals surface area contributed by atoms with Gasteiger partial charge in [0.05, 0.1) is 23.8 Å². The molecule has 2 aliphatic heterocycles. The maximum atomic E-state index is 12.3. The Morgan fingerprint density at radius 2 is 1.95 bits per heavy atom. The zero-order chi connectivity index (χ0) is 14.4. The van der Waals surface area contributed by atoms with Crippen LogP contribution in [0.5, 0.6) is 0 Å². The second-order valence-corrected chi connectivity index (χ2v) is 6.19. The van der Waals surface area contributed by atoms with Crippen molar-refractivity contribution < 1.29 is 19.4 Å². The van der Waals surface area contributed by atoms with Crippen LogP contribution in [0.3, 0.4) is 0 Å². The van der Waals surface area contributed by atoms with Crippen LogP contribution in [0.4, 0.5) is 5.13 Å².